The number of amides is 1. The molecule has 0 unspecified atom stereocenters. The summed E-state index contributed by atoms with van der Waals surface area (Å²) in [5.41, 5.74) is 3.98. The van der Waals surface area contributed by atoms with Gasteiger partial charge in [-0.1, -0.05) is 56.7 Å². The Hall–Kier alpha value is -2.66. The second-order valence-corrected chi connectivity index (χ2v) is 8.75. The second-order valence-electron chi connectivity index (χ2n) is 7.81. The van der Waals surface area contributed by atoms with Crippen LogP contribution in [0.5, 0.6) is 5.75 Å². The number of carbonyl (C=O) groups excluding carboxylic acids is 1. The Bertz CT molecular complexity index is 963. The highest BCUT2D eigenvalue weighted by molar-refractivity contribution is 7.09. The number of rotatable bonds is 9. The van der Waals surface area contributed by atoms with E-state index in [0.717, 1.165) is 34.0 Å². The average molecular weight is 423 g/mol. The smallest absolute Gasteiger partial charge is 0.254 e. The van der Waals surface area contributed by atoms with Gasteiger partial charge in [-0.25, -0.2) is 4.98 Å². The van der Waals surface area contributed by atoms with Crippen molar-refractivity contribution in [1.82, 2.24) is 9.88 Å². The van der Waals surface area contributed by atoms with Crippen LogP contribution in [-0.2, 0) is 13.2 Å². The van der Waals surface area contributed by atoms with Crippen LogP contribution in [-0.4, -0.2) is 22.3 Å². The molecule has 0 saturated heterocycles. The van der Waals surface area contributed by atoms with Crippen LogP contribution in [0.2, 0.25) is 0 Å². The van der Waals surface area contributed by atoms with Gasteiger partial charge in [0, 0.05) is 17.5 Å². The number of aromatic nitrogens is 1. The third kappa shape index (κ3) is 5.70. The summed E-state index contributed by atoms with van der Waals surface area (Å²) in [6, 6.07) is 15.9. The van der Waals surface area contributed by atoms with Crippen molar-refractivity contribution in [2.75, 3.05) is 6.54 Å². The fourth-order valence-corrected chi connectivity index (χ4v) is 4.01. The van der Waals surface area contributed by atoms with Gasteiger partial charge in [-0.3, -0.25) is 4.79 Å². The molecule has 158 valence electrons. The van der Waals surface area contributed by atoms with Gasteiger partial charge < -0.3 is 9.64 Å². The lowest BCUT2D eigenvalue weighted by molar-refractivity contribution is 0.0741. The summed E-state index contributed by atoms with van der Waals surface area (Å²) in [4.78, 5) is 19.5. The number of aryl methyl sites for hydroxylation is 1. The SMILES string of the molecule is CCCN(Cc1csc(COc2ccccc2C(C)C)n1)C(=O)c1ccc(C)cc1. The van der Waals surface area contributed by atoms with Crippen molar-refractivity contribution in [3.05, 3.63) is 81.3 Å². The van der Waals surface area contributed by atoms with Crippen molar-refractivity contribution < 1.29 is 9.53 Å². The number of nitrogens with zero attached hydrogens (tertiary/aromatic N) is 2. The zero-order chi connectivity index (χ0) is 21.5. The van der Waals surface area contributed by atoms with Crippen molar-refractivity contribution in [1.29, 1.82) is 0 Å². The topological polar surface area (TPSA) is 42.4 Å². The molecule has 0 N–H and O–H groups in total. The molecule has 0 saturated carbocycles. The average Bonchev–Trinajstić information content (AvgIpc) is 3.19. The Morgan fingerprint density at radius 3 is 2.57 bits per heavy atom. The molecule has 0 fully saturated rings. The largest absolute Gasteiger partial charge is 0.486 e. The van der Waals surface area contributed by atoms with Crippen LogP contribution in [0.25, 0.3) is 0 Å². The number of thiazole rings is 1. The second kappa shape index (κ2) is 10.4. The maximum Gasteiger partial charge on any atom is 0.254 e. The summed E-state index contributed by atoms with van der Waals surface area (Å²) in [5, 5.41) is 2.95. The van der Waals surface area contributed by atoms with E-state index in [1.54, 1.807) is 11.3 Å². The number of ether oxygens (including phenoxy) is 1. The number of hydrogen-bond acceptors (Lipinski definition) is 4. The molecule has 0 atom stereocenters. The van der Waals surface area contributed by atoms with Crippen LogP contribution < -0.4 is 4.74 Å². The van der Waals surface area contributed by atoms with E-state index in [0.29, 0.717) is 25.6 Å². The van der Waals surface area contributed by atoms with Crippen molar-refractivity contribution in [3.63, 3.8) is 0 Å². The molecule has 0 radical (unpaired) electrons. The van der Waals surface area contributed by atoms with Crippen molar-refractivity contribution in [3.8, 4) is 5.75 Å². The summed E-state index contributed by atoms with van der Waals surface area (Å²) in [5.74, 6) is 1.36. The third-order valence-electron chi connectivity index (χ3n) is 4.92. The molecular weight excluding hydrogens is 392 g/mol. The molecule has 0 aliphatic heterocycles. The van der Waals surface area contributed by atoms with Crippen molar-refractivity contribution in [2.45, 2.75) is 53.2 Å². The lowest BCUT2D eigenvalue weighted by Crippen LogP contribution is -2.31. The summed E-state index contributed by atoms with van der Waals surface area (Å²) in [6.45, 7) is 10.1. The molecule has 0 bridgehead atoms. The number of para-hydroxylation sites is 1. The zero-order valence-corrected chi connectivity index (χ0v) is 19.0. The maximum absolute atomic E-state index is 12.9. The summed E-state index contributed by atoms with van der Waals surface area (Å²) in [7, 11) is 0. The van der Waals surface area contributed by atoms with Crippen molar-refractivity contribution in [2.24, 2.45) is 0 Å². The highest BCUT2D eigenvalue weighted by Gasteiger charge is 2.17. The lowest BCUT2D eigenvalue weighted by Gasteiger charge is -2.21. The van der Waals surface area contributed by atoms with Crippen LogP contribution in [0.1, 0.15) is 65.3 Å². The van der Waals surface area contributed by atoms with Crippen LogP contribution in [0.4, 0.5) is 0 Å². The minimum Gasteiger partial charge on any atom is -0.486 e. The van der Waals surface area contributed by atoms with Gasteiger partial charge in [-0.15, -0.1) is 11.3 Å². The van der Waals surface area contributed by atoms with E-state index in [1.807, 2.05) is 59.7 Å². The Labute approximate surface area is 183 Å². The molecule has 0 aliphatic rings. The van der Waals surface area contributed by atoms with Gasteiger partial charge in [0.2, 0.25) is 0 Å². The van der Waals surface area contributed by atoms with Crippen LogP contribution in [0, 0.1) is 6.92 Å². The molecule has 1 amide bonds. The molecule has 1 aromatic heterocycles. The van der Waals surface area contributed by atoms with Crippen LogP contribution in [0.3, 0.4) is 0 Å². The van der Waals surface area contributed by atoms with Crippen LogP contribution in [0.15, 0.2) is 53.9 Å². The predicted octanol–water partition coefficient (Wildman–Crippen LogP) is 6.21. The zero-order valence-electron chi connectivity index (χ0n) is 18.2. The molecule has 2 aromatic carbocycles. The van der Waals surface area contributed by atoms with E-state index in [9.17, 15) is 4.79 Å². The summed E-state index contributed by atoms with van der Waals surface area (Å²) < 4.78 is 6.05. The molecule has 3 aromatic rings. The Morgan fingerprint density at radius 2 is 1.87 bits per heavy atom. The predicted molar refractivity (Wildman–Crippen MR) is 123 cm³/mol. The summed E-state index contributed by atoms with van der Waals surface area (Å²) >= 11 is 1.58. The first-order valence-electron chi connectivity index (χ1n) is 10.5. The van der Waals surface area contributed by atoms with E-state index < -0.39 is 0 Å². The Morgan fingerprint density at radius 1 is 1.13 bits per heavy atom. The molecule has 4 nitrogen and oxygen atoms in total. The first-order valence-corrected chi connectivity index (χ1v) is 11.4. The molecule has 0 spiro atoms. The maximum atomic E-state index is 12.9. The molecule has 3 rings (SSSR count). The minimum atomic E-state index is 0.0495. The van der Waals surface area contributed by atoms with E-state index in [1.165, 1.54) is 5.56 Å². The van der Waals surface area contributed by atoms with Gasteiger partial charge in [0.05, 0.1) is 12.2 Å². The normalized spacial score (nSPS) is 11.0. The molecule has 0 aliphatic carbocycles. The fraction of sp³-hybridized carbons (Fsp3) is 0.360. The van der Waals surface area contributed by atoms with Crippen LogP contribution >= 0.6 is 11.3 Å². The van der Waals surface area contributed by atoms with Gasteiger partial charge in [-0.2, -0.15) is 0 Å². The summed E-state index contributed by atoms with van der Waals surface area (Å²) in [6.07, 6.45) is 0.906. The Kier molecular flexibility index (Phi) is 7.63. The number of hydrogen-bond donors (Lipinski definition) is 0. The number of benzene rings is 2. The van der Waals surface area contributed by atoms with Crippen molar-refractivity contribution >= 4 is 17.2 Å². The first kappa shape index (κ1) is 22.0. The van der Waals surface area contributed by atoms with Gasteiger partial charge >= 0.3 is 0 Å². The molecule has 30 heavy (non-hydrogen) atoms. The molecule has 5 heteroatoms. The van der Waals surface area contributed by atoms with Gasteiger partial charge in [0.15, 0.2) is 0 Å². The standard InChI is InChI=1S/C25H30N2O2S/c1-5-14-27(25(28)20-12-10-19(4)11-13-20)15-21-17-30-24(26-21)16-29-23-9-7-6-8-22(23)18(2)3/h6-13,17-18H,5,14-16H2,1-4H3. The van der Waals surface area contributed by atoms with E-state index in [4.69, 9.17) is 9.72 Å². The highest BCUT2D eigenvalue weighted by atomic mass is 32.1. The van der Waals surface area contributed by atoms with E-state index >= 15 is 0 Å². The Balaban J connectivity index is 1.65. The van der Waals surface area contributed by atoms with Gasteiger partial charge in [0.25, 0.3) is 5.91 Å². The van der Waals surface area contributed by atoms with E-state index in [2.05, 4.69) is 26.8 Å². The quantitative estimate of drug-likeness (QED) is 0.412. The fourth-order valence-electron chi connectivity index (χ4n) is 3.31. The third-order valence-corrected chi connectivity index (χ3v) is 5.79. The first-order chi connectivity index (χ1) is 14.5. The van der Waals surface area contributed by atoms with Gasteiger partial charge in [-0.05, 0) is 43.0 Å². The monoisotopic (exact) mass is 422 g/mol. The van der Waals surface area contributed by atoms with Gasteiger partial charge in [0.1, 0.15) is 17.4 Å². The highest BCUT2D eigenvalue weighted by Crippen LogP contribution is 2.27. The van der Waals surface area contributed by atoms with E-state index in [-0.39, 0.29) is 5.91 Å². The minimum absolute atomic E-state index is 0.0495. The molecule has 1 heterocycles. The molecular formula is C25H30N2O2S. The number of carbonyl (C=O) groups is 1. The lowest BCUT2D eigenvalue weighted by atomic mass is 10.0.